The lowest BCUT2D eigenvalue weighted by molar-refractivity contribution is 0.0696. The van der Waals surface area contributed by atoms with Crippen molar-refractivity contribution in [3.63, 3.8) is 0 Å². The Hall–Kier alpha value is -0.670. The minimum atomic E-state index is -3.85. The first-order valence-electron chi connectivity index (χ1n) is 3.37. The molecule has 1 rings (SSSR count). The summed E-state index contributed by atoms with van der Waals surface area (Å²) in [6.45, 7) is 0. The lowest BCUT2D eigenvalue weighted by Crippen LogP contribution is -2.13. The van der Waals surface area contributed by atoms with Gasteiger partial charge in [-0.3, -0.25) is 0 Å². The number of carboxylic acids is 1. The van der Waals surface area contributed by atoms with Crippen molar-refractivity contribution in [2.45, 2.75) is 4.90 Å². The van der Waals surface area contributed by atoms with Gasteiger partial charge in [0.05, 0.1) is 10.5 Å². The Morgan fingerprint density at radius 3 is 2.36 bits per heavy atom. The van der Waals surface area contributed by atoms with Crippen LogP contribution < -0.4 is 5.14 Å². The third-order valence-electron chi connectivity index (χ3n) is 1.45. The summed E-state index contributed by atoms with van der Waals surface area (Å²) in [6, 6.07) is 3.69. The molecule has 3 N–H and O–H groups in total. The summed E-state index contributed by atoms with van der Waals surface area (Å²) in [7, 11) is -3.85. The first-order valence-corrected chi connectivity index (χ1v) is 6.00. The Kier molecular flexibility index (Phi) is 3.12. The maximum Gasteiger partial charge on any atom is 0.335 e. The van der Waals surface area contributed by atoms with E-state index < -0.39 is 16.0 Å². The number of halogens is 1. The molecule has 14 heavy (non-hydrogen) atoms. The van der Waals surface area contributed by atoms with E-state index in [2.05, 4.69) is 0 Å². The van der Waals surface area contributed by atoms with E-state index in [0.29, 0.717) is 3.57 Å². The summed E-state index contributed by atoms with van der Waals surface area (Å²) in [5, 5.41) is 13.5. The van der Waals surface area contributed by atoms with Crippen molar-refractivity contribution in [2.24, 2.45) is 5.14 Å². The van der Waals surface area contributed by atoms with Gasteiger partial charge in [-0.1, -0.05) is 0 Å². The summed E-state index contributed by atoms with van der Waals surface area (Å²) in [6.07, 6.45) is 0. The average Bonchev–Trinajstić information content (AvgIpc) is 2.01. The van der Waals surface area contributed by atoms with E-state index in [9.17, 15) is 13.2 Å². The van der Waals surface area contributed by atoms with E-state index in [4.69, 9.17) is 10.2 Å². The second kappa shape index (κ2) is 3.83. The van der Waals surface area contributed by atoms with Crippen LogP contribution in [0, 0.1) is 3.57 Å². The van der Waals surface area contributed by atoms with Crippen LogP contribution in [0.5, 0.6) is 0 Å². The third-order valence-corrected chi connectivity index (χ3v) is 2.96. The molecule has 0 bridgehead atoms. The molecular formula is C7H6INO4S. The van der Waals surface area contributed by atoms with Gasteiger partial charge in [-0.15, -0.1) is 0 Å². The molecule has 0 unspecified atom stereocenters. The topological polar surface area (TPSA) is 97.5 Å². The molecule has 0 fully saturated rings. The maximum atomic E-state index is 10.9. The first-order chi connectivity index (χ1) is 6.30. The minimum Gasteiger partial charge on any atom is -0.478 e. The fraction of sp³-hybridized carbons (Fsp3) is 0. The number of aromatic carboxylic acids is 1. The van der Waals surface area contributed by atoms with Gasteiger partial charge in [0.25, 0.3) is 0 Å². The maximum absolute atomic E-state index is 10.9. The van der Waals surface area contributed by atoms with Gasteiger partial charge in [-0.05, 0) is 40.8 Å². The highest BCUT2D eigenvalue weighted by Crippen LogP contribution is 2.15. The van der Waals surface area contributed by atoms with Gasteiger partial charge in [0, 0.05) is 3.57 Å². The predicted molar refractivity (Wildman–Crippen MR) is 57.5 cm³/mol. The van der Waals surface area contributed by atoms with E-state index in [-0.39, 0.29) is 10.5 Å². The van der Waals surface area contributed by atoms with Crippen LogP contribution in [0.3, 0.4) is 0 Å². The molecule has 0 saturated heterocycles. The first kappa shape index (κ1) is 11.4. The van der Waals surface area contributed by atoms with Crippen LogP contribution in [0.15, 0.2) is 23.1 Å². The normalized spacial score (nSPS) is 11.3. The molecule has 0 spiro atoms. The van der Waals surface area contributed by atoms with Crippen LogP contribution in [0.4, 0.5) is 0 Å². The summed E-state index contributed by atoms with van der Waals surface area (Å²) < 4.78 is 22.4. The van der Waals surface area contributed by atoms with Crippen LogP contribution in [0.2, 0.25) is 0 Å². The molecule has 0 saturated carbocycles. The second-order valence-corrected chi connectivity index (χ2v) is 5.33. The number of hydrogen-bond donors (Lipinski definition) is 2. The minimum absolute atomic E-state index is 0.0964. The van der Waals surface area contributed by atoms with E-state index in [1.165, 1.54) is 12.1 Å². The fourth-order valence-corrected chi connectivity index (χ4v) is 2.32. The standard InChI is InChI=1S/C7H6INO4S/c8-5-1-4(7(10)11)2-6(3-5)14(9,12)13/h1-3H,(H,10,11)(H2,9,12,13). The molecule has 1 aromatic carbocycles. The highest BCUT2D eigenvalue weighted by atomic mass is 127. The molecule has 5 nitrogen and oxygen atoms in total. The fourth-order valence-electron chi connectivity index (χ4n) is 0.850. The summed E-state index contributed by atoms with van der Waals surface area (Å²) in [4.78, 5) is 10.4. The summed E-state index contributed by atoms with van der Waals surface area (Å²) >= 11 is 1.82. The van der Waals surface area contributed by atoms with Gasteiger partial charge in [-0.2, -0.15) is 0 Å². The molecule has 0 aromatic heterocycles. The summed E-state index contributed by atoms with van der Waals surface area (Å²) in [5.74, 6) is -1.19. The highest BCUT2D eigenvalue weighted by Gasteiger charge is 2.12. The lowest BCUT2D eigenvalue weighted by atomic mass is 10.2. The van der Waals surface area contributed by atoms with Crippen LogP contribution in [-0.2, 0) is 10.0 Å². The highest BCUT2D eigenvalue weighted by molar-refractivity contribution is 14.1. The molecule has 76 valence electrons. The second-order valence-electron chi connectivity index (χ2n) is 2.53. The van der Waals surface area contributed by atoms with Crippen molar-refractivity contribution in [3.05, 3.63) is 27.3 Å². The van der Waals surface area contributed by atoms with Crippen LogP contribution in [0.1, 0.15) is 10.4 Å². The van der Waals surface area contributed by atoms with Gasteiger partial charge in [0.15, 0.2) is 0 Å². The molecule has 7 heteroatoms. The van der Waals surface area contributed by atoms with Crippen molar-refractivity contribution >= 4 is 38.6 Å². The number of hydrogen-bond acceptors (Lipinski definition) is 3. The monoisotopic (exact) mass is 327 g/mol. The SMILES string of the molecule is NS(=O)(=O)c1cc(I)cc(C(=O)O)c1. The number of sulfonamides is 1. The predicted octanol–water partition coefficient (Wildman–Crippen LogP) is 0.637. The Labute approximate surface area is 94.1 Å². The zero-order valence-corrected chi connectivity index (χ0v) is 9.74. The smallest absolute Gasteiger partial charge is 0.335 e. The number of primary sulfonamides is 1. The third kappa shape index (κ3) is 2.66. The average molecular weight is 327 g/mol. The zero-order chi connectivity index (χ0) is 10.9. The molecule has 1 aromatic rings. The number of benzene rings is 1. The van der Waals surface area contributed by atoms with Gasteiger partial charge in [-0.25, -0.2) is 18.4 Å². The quantitative estimate of drug-likeness (QED) is 0.779. The van der Waals surface area contributed by atoms with E-state index in [1.807, 2.05) is 22.6 Å². The zero-order valence-electron chi connectivity index (χ0n) is 6.77. The van der Waals surface area contributed by atoms with Crippen molar-refractivity contribution in [3.8, 4) is 0 Å². The Balaban J connectivity index is 3.43. The molecule has 0 heterocycles. The summed E-state index contributed by atoms with van der Waals surface area (Å²) in [5.41, 5.74) is -0.0964. The number of carbonyl (C=O) groups is 1. The molecule has 0 atom stereocenters. The van der Waals surface area contributed by atoms with Gasteiger partial charge in [0.1, 0.15) is 0 Å². The van der Waals surface area contributed by atoms with Crippen molar-refractivity contribution in [2.75, 3.05) is 0 Å². The van der Waals surface area contributed by atoms with Gasteiger partial charge >= 0.3 is 5.97 Å². The molecular weight excluding hydrogens is 321 g/mol. The van der Waals surface area contributed by atoms with Crippen molar-refractivity contribution in [1.29, 1.82) is 0 Å². The van der Waals surface area contributed by atoms with Gasteiger partial charge in [0.2, 0.25) is 10.0 Å². The largest absolute Gasteiger partial charge is 0.478 e. The molecule has 0 aliphatic carbocycles. The molecule has 0 amide bonds. The molecule has 0 aliphatic heterocycles. The number of carboxylic acid groups (broad SMARTS) is 1. The Morgan fingerprint density at radius 2 is 1.93 bits per heavy atom. The van der Waals surface area contributed by atoms with Crippen LogP contribution in [0.25, 0.3) is 0 Å². The van der Waals surface area contributed by atoms with E-state index >= 15 is 0 Å². The van der Waals surface area contributed by atoms with Crippen molar-refractivity contribution in [1.82, 2.24) is 0 Å². The molecule has 0 aliphatic rings. The Bertz CT molecular complexity index is 482. The van der Waals surface area contributed by atoms with E-state index in [0.717, 1.165) is 6.07 Å². The lowest BCUT2D eigenvalue weighted by Gasteiger charge is -2.01. The molecule has 0 radical (unpaired) electrons. The Morgan fingerprint density at radius 1 is 1.36 bits per heavy atom. The van der Waals surface area contributed by atoms with Gasteiger partial charge < -0.3 is 5.11 Å². The number of nitrogens with two attached hydrogens (primary N) is 1. The van der Waals surface area contributed by atoms with Crippen LogP contribution >= 0.6 is 22.6 Å². The van der Waals surface area contributed by atoms with Crippen molar-refractivity contribution < 1.29 is 18.3 Å². The van der Waals surface area contributed by atoms with Crippen LogP contribution in [-0.4, -0.2) is 19.5 Å². The number of rotatable bonds is 2. The van der Waals surface area contributed by atoms with E-state index in [1.54, 1.807) is 0 Å².